The predicted molar refractivity (Wildman–Crippen MR) is 125 cm³/mol. The lowest BCUT2D eigenvalue weighted by molar-refractivity contribution is 0.0963. The Labute approximate surface area is 180 Å². The molecule has 0 aliphatic carbocycles. The first-order valence-electron chi connectivity index (χ1n) is 10.6. The monoisotopic (exact) mass is 409 g/mol. The fourth-order valence-corrected chi connectivity index (χ4v) is 3.07. The van der Waals surface area contributed by atoms with Gasteiger partial charge in [-0.15, -0.1) is 0 Å². The van der Waals surface area contributed by atoms with Crippen molar-refractivity contribution < 1.29 is 4.79 Å². The molecule has 6 nitrogen and oxygen atoms in total. The van der Waals surface area contributed by atoms with Crippen LogP contribution in [0.25, 0.3) is 0 Å². The van der Waals surface area contributed by atoms with Crippen LogP contribution in [0.2, 0.25) is 0 Å². The third-order valence-corrected chi connectivity index (χ3v) is 5.01. The van der Waals surface area contributed by atoms with Crippen molar-refractivity contribution in [1.82, 2.24) is 20.9 Å². The summed E-state index contributed by atoms with van der Waals surface area (Å²) in [4.78, 5) is 18.9. The number of amides is 1. The molecule has 1 unspecified atom stereocenters. The van der Waals surface area contributed by atoms with E-state index in [1.807, 2.05) is 30.3 Å². The van der Waals surface area contributed by atoms with Crippen molar-refractivity contribution >= 4 is 11.9 Å². The fourth-order valence-electron chi connectivity index (χ4n) is 3.07. The van der Waals surface area contributed by atoms with Crippen molar-refractivity contribution in [3.63, 3.8) is 0 Å². The Morgan fingerprint density at radius 1 is 1.07 bits per heavy atom. The SMILES string of the molecule is CCNC(=NCC(C)N(C)Cc1ccccc1)NCCc1cccc(C(=O)NC)c1. The average Bonchev–Trinajstić information content (AvgIpc) is 2.77. The lowest BCUT2D eigenvalue weighted by atomic mass is 10.1. The number of rotatable bonds is 10. The van der Waals surface area contributed by atoms with Crippen LogP contribution in [0.3, 0.4) is 0 Å². The number of carbonyl (C=O) groups is 1. The van der Waals surface area contributed by atoms with Crippen molar-refractivity contribution in [3.8, 4) is 0 Å². The highest BCUT2D eigenvalue weighted by atomic mass is 16.1. The van der Waals surface area contributed by atoms with Gasteiger partial charge >= 0.3 is 0 Å². The molecule has 0 heterocycles. The second-order valence-corrected chi connectivity index (χ2v) is 7.43. The maximum atomic E-state index is 11.8. The minimum Gasteiger partial charge on any atom is -0.357 e. The maximum absolute atomic E-state index is 11.8. The Hall–Kier alpha value is -2.86. The minimum absolute atomic E-state index is 0.0617. The number of hydrogen-bond donors (Lipinski definition) is 3. The Morgan fingerprint density at radius 3 is 2.50 bits per heavy atom. The van der Waals surface area contributed by atoms with E-state index in [2.05, 4.69) is 66.0 Å². The van der Waals surface area contributed by atoms with Gasteiger partial charge in [0.05, 0.1) is 6.54 Å². The largest absolute Gasteiger partial charge is 0.357 e. The summed E-state index contributed by atoms with van der Waals surface area (Å²) < 4.78 is 0. The van der Waals surface area contributed by atoms with Gasteiger partial charge in [0, 0.05) is 38.3 Å². The molecule has 0 saturated heterocycles. The van der Waals surface area contributed by atoms with E-state index in [-0.39, 0.29) is 5.91 Å². The van der Waals surface area contributed by atoms with Crippen LogP contribution < -0.4 is 16.0 Å². The Bertz CT molecular complexity index is 806. The van der Waals surface area contributed by atoms with E-state index >= 15 is 0 Å². The van der Waals surface area contributed by atoms with Crippen molar-refractivity contribution in [3.05, 3.63) is 71.3 Å². The van der Waals surface area contributed by atoms with Crippen LogP contribution in [0.5, 0.6) is 0 Å². The van der Waals surface area contributed by atoms with Gasteiger partial charge in [-0.1, -0.05) is 42.5 Å². The molecule has 3 N–H and O–H groups in total. The molecule has 1 atom stereocenters. The highest BCUT2D eigenvalue weighted by molar-refractivity contribution is 5.94. The highest BCUT2D eigenvalue weighted by Gasteiger charge is 2.10. The molecule has 0 aromatic heterocycles. The molecule has 1 amide bonds. The smallest absolute Gasteiger partial charge is 0.251 e. The van der Waals surface area contributed by atoms with Crippen LogP contribution >= 0.6 is 0 Å². The van der Waals surface area contributed by atoms with Crippen LogP contribution in [0.15, 0.2) is 59.6 Å². The molecule has 2 rings (SSSR count). The van der Waals surface area contributed by atoms with Gasteiger partial charge in [0.25, 0.3) is 5.91 Å². The minimum atomic E-state index is -0.0617. The van der Waals surface area contributed by atoms with Crippen LogP contribution in [0, 0.1) is 0 Å². The topological polar surface area (TPSA) is 68.8 Å². The number of nitrogens with zero attached hydrogens (tertiary/aromatic N) is 2. The Balaban J connectivity index is 1.85. The zero-order valence-corrected chi connectivity index (χ0v) is 18.6. The van der Waals surface area contributed by atoms with E-state index in [1.54, 1.807) is 7.05 Å². The van der Waals surface area contributed by atoms with Crippen molar-refractivity contribution in [1.29, 1.82) is 0 Å². The first-order chi connectivity index (χ1) is 14.5. The number of aliphatic imine (C=N–C) groups is 1. The molecule has 0 saturated carbocycles. The predicted octanol–water partition coefficient (Wildman–Crippen LogP) is 2.66. The summed E-state index contributed by atoms with van der Waals surface area (Å²) in [7, 11) is 3.78. The highest BCUT2D eigenvalue weighted by Crippen LogP contribution is 2.07. The number of benzene rings is 2. The van der Waals surface area contributed by atoms with Crippen molar-refractivity contribution in [2.24, 2.45) is 4.99 Å². The zero-order valence-electron chi connectivity index (χ0n) is 18.6. The quantitative estimate of drug-likeness (QED) is 0.417. The molecular weight excluding hydrogens is 374 g/mol. The Kier molecular flexibility index (Phi) is 9.87. The van der Waals surface area contributed by atoms with Gasteiger partial charge in [0.15, 0.2) is 5.96 Å². The molecule has 0 spiro atoms. The van der Waals surface area contributed by atoms with Crippen molar-refractivity contribution in [2.75, 3.05) is 33.7 Å². The molecule has 0 bridgehead atoms. The van der Waals surface area contributed by atoms with Gasteiger partial charge in [-0.25, -0.2) is 0 Å². The second kappa shape index (κ2) is 12.6. The Morgan fingerprint density at radius 2 is 1.80 bits per heavy atom. The first kappa shape index (κ1) is 23.4. The number of hydrogen-bond acceptors (Lipinski definition) is 3. The number of nitrogens with one attached hydrogen (secondary N) is 3. The molecule has 0 aliphatic rings. The summed E-state index contributed by atoms with van der Waals surface area (Å²) in [6.07, 6.45) is 0.818. The van der Waals surface area contributed by atoms with Crippen LogP contribution in [0.1, 0.15) is 35.3 Å². The maximum Gasteiger partial charge on any atom is 0.251 e. The molecule has 30 heavy (non-hydrogen) atoms. The first-order valence-corrected chi connectivity index (χ1v) is 10.6. The molecule has 2 aromatic rings. The van der Waals surface area contributed by atoms with Crippen LogP contribution in [-0.2, 0) is 13.0 Å². The number of carbonyl (C=O) groups excluding carboxylic acids is 1. The molecular formula is C24H35N5O. The van der Waals surface area contributed by atoms with E-state index in [0.29, 0.717) is 18.2 Å². The van der Waals surface area contributed by atoms with Crippen LogP contribution in [-0.4, -0.2) is 56.5 Å². The summed E-state index contributed by atoms with van der Waals surface area (Å²) in [5, 5.41) is 9.37. The third-order valence-electron chi connectivity index (χ3n) is 5.01. The fraction of sp³-hybridized carbons (Fsp3) is 0.417. The number of likely N-dealkylation sites (N-methyl/N-ethyl adjacent to an activating group) is 1. The molecule has 2 aromatic carbocycles. The van der Waals surface area contributed by atoms with E-state index in [9.17, 15) is 4.79 Å². The molecule has 0 radical (unpaired) electrons. The summed E-state index contributed by atoms with van der Waals surface area (Å²) in [6, 6.07) is 18.5. The average molecular weight is 410 g/mol. The van der Waals surface area contributed by atoms with Gasteiger partial charge in [0.1, 0.15) is 0 Å². The van der Waals surface area contributed by atoms with E-state index in [0.717, 1.165) is 37.6 Å². The molecule has 6 heteroatoms. The van der Waals surface area contributed by atoms with E-state index in [4.69, 9.17) is 4.99 Å². The van der Waals surface area contributed by atoms with Gasteiger partial charge in [0.2, 0.25) is 0 Å². The summed E-state index contributed by atoms with van der Waals surface area (Å²) in [5.74, 6) is 0.758. The molecule has 0 aliphatic heterocycles. The second-order valence-electron chi connectivity index (χ2n) is 7.43. The van der Waals surface area contributed by atoms with Gasteiger partial charge < -0.3 is 16.0 Å². The van der Waals surface area contributed by atoms with Crippen LogP contribution in [0.4, 0.5) is 0 Å². The molecule has 162 valence electrons. The number of guanidine groups is 1. The normalized spacial score (nSPS) is 12.5. The summed E-state index contributed by atoms with van der Waals surface area (Å²) in [6.45, 7) is 7.44. The standard InChI is InChI=1S/C24H35N5O/c1-5-26-24(27-15-14-20-12-9-13-22(16-20)23(30)25-3)28-17-19(2)29(4)18-21-10-7-6-8-11-21/h6-13,16,19H,5,14-15,17-18H2,1-4H3,(H,25,30)(H2,26,27,28). The van der Waals surface area contributed by atoms with Gasteiger partial charge in [-0.3, -0.25) is 14.7 Å². The third kappa shape index (κ3) is 7.87. The van der Waals surface area contributed by atoms with E-state index < -0.39 is 0 Å². The van der Waals surface area contributed by atoms with Gasteiger partial charge in [-0.05, 0) is 50.6 Å². The van der Waals surface area contributed by atoms with Gasteiger partial charge in [-0.2, -0.15) is 0 Å². The lowest BCUT2D eigenvalue weighted by Gasteiger charge is -2.24. The van der Waals surface area contributed by atoms with Crippen molar-refractivity contribution in [2.45, 2.75) is 32.9 Å². The summed E-state index contributed by atoms with van der Waals surface area (Å²) >= 11 is 0. The summed E-state index contributed by atoms with van der Waals surface area (Å²) in [5.41, 5.74) is 3.11. The lowest BCUT2D eigenvalue weighted by Crippen LogP contribution is -2.40. The zero-order chi connectivity index (χ0) is 21.8. The van der Waals surface area contributed by atoms with E-state index in [1.165, 1.54) is 5.56 Å². The molecule has 0 fully saturated rings.